The summed E-state index contributed by atoms with van der Waals surface area (Å²) in [5, 5.41) is -0.235. The summed E-state index contributed by atoms with van der Waals surface area (Å²) >= 11 is 5.74. The van der Waals surface area contributed by atoms with Crippen molar-refractivity contribution in [2.75, 3.05) is 39.3 Å². The fraction of sp³-hybridized carbons (Fsp3) is 0.636. The highest BCUT2D eigenvalue weighted by molar-refractivity contribution is 7.89. The van der Waals surface area contributed by atoms with Gasteiger partial charge in [0.05, 0.1) is 9.92 Å². The Bertz CT molecular complexity index is 967. The third-order valence-corrected chi connectivity index (χ3v) is 9.12. The molecule has 0 N–H and O–H groups in total. The Morgan fingerprint density at radius 2 is 1.34 bits per heavy atom. The summed E-state index contributed by atoms with van der Waals surface area (Å²) in [7, 11) is -3.79. The molecule has 1 aromatic carbocycles. The lowest BCUT2D eigenvalue weighted by Crippen LogP contribution is -2.54. The van der Waals surface area contributed by atoms with Crippen LogP contribution in [-0.2, 0) is 19.6 Å². The second-order valence-electron chi connectivity index (χ2n) is 8.89. The van der Waals surface area contributed by atoms with E-state index in [1.165, 1.54) is 10.4 Å². The highest BCUT2D eigenvalue weighted by Crippen LogP contribution is 2.29. The number of halogens is 2. The van der Waals surface area contributed by atoms with E-state index in [4.69, 9.17) is 11.6 Å². The maximum Gasteiger partial charge on any atom is 0.243 e. The van der Waals surface area contributed by atoms with E-state index in [0.717, 1.165) is 37.8 Å². The smallest absolute Gasteiger partial charge is 0.243 e. The number of carbonyl (C=O) groups is 2. The van der Waals surface area contributed by atoms with Crippen molar-refractivity contribution in [2.24, 2.45) is 11.8 Å². The Morgan fingerprint density at radius 1 is 0.844 bits per heavy atom. The third-order valence-electron chi connectivity index (χ3n) is 6.94. The minimum Gasteiger partial charge on any atom is -0.339 e. The monoisotopic (exact) mass is 485 g/mol. The molecule has 2 heterocycles. The van der Waals surface area contributed by atoms with Crippen molar-refractivity contribution in [3.05, 3.63) is 29.0 Å². The molecule has 3 fully saturated rings. The number of hydrogen-bond acceptors (Lipinski definition) is 4. The number of piperidine rings is 1. The molecule has 0 atom stereocenters. The highest BCUT2D eigenvalue weighted by atomic mass is 35.5. The van der Waals surface area contributed by atoms with E-state index < -0.39 is 15.8 Å². The Labute approximate surface area is 193 Å². The standard InChI is InChI=1S/C22H29ClFN3O4S/c23-19-15-18(5-6-20(19)24)32(30,31)27-9-7-17(8-10-27)22(29)26-13-11-25(12-14-26)21(28)16-3-1-2-4-16/h5-6,15-17H,1-4,7-14H2. The zero-order valence-electron chi connectivity index (χ0n) is 18.0. The van der Waals surface area contributed by atoms with Crippen LogP contribution in [0.5, 0.6) is 0 Å². The van der Waals surface area contributed by atoms with E-state index in [1.54, 1.807) is 0 Å². The van der Waals surface area contributed by atoms with Crippen molar-refractivity contribution in [1.82, 2.24) is 14.1 Å². The molecule has 1 aromatic rings. The van der Waals surface area contributed by atoms with Crippen LogP contribution in [0, 0.1) is 17.7 Å². The quantitative estimate of drug-likeness (QED) is 0.657. The second kappa shape index (κ2) is 9.65. The molecule has 0 aromatic heterocycles. The predicted molar refractivity (Wildman–Crippen MR) is 118 cm³/mol. The average molecular weight is 486 g/mol. The van der Waals surface area contributed by atoms with Crippen molar-refractivity contribution in [2.45, 2.75) is 43.4 Å². The number of carbonyl (C=O) groups excluding carboxylic acids is 2. The summed E-state index contributed by atoms with van der Waals surface area (Å²) in [6.07, 6.45) is 5.07. The Kier molecular flexibility index (Phi) is 7.07. The summed E-state index contributed by atoms with van der Waals surface area (Å²) in [5.74, 6) is -0.469. The molecule has 7 nitrogen and oxygen atoms in total. The van der Waals surface area contributed by atoms with E-state index in [-0.39, 0.29) is 46.7 Å². The van der Waals surface area contributed by atoms with E-state index >= 15 is 0 Å². The fourth-order valence-corrected chi connectivity index (χ4v) is 6.71. The lowest BCUT2D eigenvalue weighted by Gasteiger charge is -2.39. The van der Waals surface area contributed by atoms with Gasteiger partial charge < -0.3 is 9.80 Å². The first-order valence-electron chi connectivity index (χ1n) is 11.3. The van der Waals surface area contributed by atoms with Crippen LogP contribution in [0.25, 0.3) is 0 Å². The molecule has 32 heavy (non-hydrogen) atoms. The van der Waals surface area contributed by atoms with Gasteiger partial charge in [0.15, 0.2) is 0 Å². The van der Waals surface area contributed by atoms with Crippen LogP contribution < -0.4 is 0 Å². The predicted octanol–water partition coefficient (Wildman–Crippen LogP) is 2.74. The summed E-state index contributed by atoms with van der Waals surface area (Å²) in [5.41, 5.74) is 0. The normalized spacial score (nSPS) is 21.8. The zero-order valence-corrected chi connectivity index (χ0v) is 19.6. The number of benzene rings is 1. The van der Waals surface area contributed by atoms with E-state index in [0.29, 0.717) is 39.0 Å². The van der Waals surface area contributed by atoms with Crippen LogP contribution in [-0.4, -0.2) is 73.6 Å². The fourth-order valence-electron chi connectivity index (χ4n) is 4.97. The van der Waals surface area contributed by atoms with Crippen molar-refractivity contribution in [3.8, 4) is 0 Å². The highest BCUT2D eigenvalue weighted by Gasteiger charge is 2.36. The molecule has 2 saturated heterocycles. The maximum absolute atomic E-state index is 13.4. The first kappa shape index (κ1) is 23.4. The van der Waals surface area contributed by atoms with Crippen molar-refractivity contribution in [3.63, 3.8) is 0 Å². The summed E-state index contributed by atoms with van der Waals surface area (Å²) in [4.78, 5) is 29.2. The summed E-state index contributed by atoms with van der Waals surface area (Å²) in [6, 6.07) is 3.37. The van der Waals surface area contributed by atoms with Gasteiger partial charge in [-0.05, 0) is 43.9 Å². The first-order valence-corrected chi connectivity index (χ1v) is 13.1. The van der Waals surface area contributed by atoms with Crippen LogP contribution >= 0.6 is 11.6 Å². The second-order valence-corrected chi connectivity index (χ2v) is 11.2. The van der Waals surface area contributed by atoms with Gasteiger partial charge >= 0.3 is 0 Å². The summed E-state index contributed by atoms with van der Waals surface area (Å²) in [6.45, 7) is 2.66. The molecule has 0 spiro atoms. The third kappa shape index (κ3) is 4.79. The first-order chi connectivity index (χ1) is 15.3. The van der Waals surface area contributed by atoms with Crippen LogP contribution in [0.1, 0.15) is 38.5 Å². The minimum atomic E-state index is -3.79. The number of hydrogen-bond donors (Lipinski definition) is 0. The van der Waals surface area contributed by atoms with Crippen molar-refractivity contribution in [1.29, 1.82) is 0 Å². The molecular weight excluding hydrogens is 457 g/mol. The lowest BCUT2D eigenvalue weighted by atomic mass is 9.96. The van der Waals surface area contributed by atoms with E-state index in [2.05, 4.69) is 0 Å². The van der Waals surface area contributed by atoms with Crippen LogP contribution in [0.15, 0.2) is 23.1 Å². The van der Waals surface area contributed by atoms with Gasteiger partial charge in [0, 0.05) is 51.1 Å². The molecule has 3 aliphatic rings. The largest absolute Gasteiger partial charge is 0.339 e. The van der Waals surface area contributed by atoms with Crippen molar-refractivity contribution < 1.29 is 22.4 Å². The van der Waals surface area contributed by atoms with Gasteiger partial charge in [-0.3, -0.25) is 9.59 Å². The molecule has 0 bridgehead atoms. The number of amides is 2. The molecule has 0 unspecified atom stereocenters. The SMILES string of the molecule is O=C(C1CCCC1)N1CCN(C(=O)C2CCN(S(=O)(=O)c3ccc(F)c(Cl)c3)CC2)CC1. The van der Waals surface area contributed by atoms with E-state index in [9.17, 15) is 22.4 Å². The molecule has 1 aliphatic carbocycles. The molecular formula is C22H29ClFN3O4S. The molecule has 0 radical (unpaired) electrons. The van der Waals surface area contributed by atoms with Crippen molar-refractivity contribution >= 4 is 33.4 Å². The van der Waals surface area contributed by atoms with Crippen LogP contribution in [0.4, 0.5) is 4.39 Å². The number of nitrogens with zero attached hydrogens (tertiary/aromatic N) is 3. The zero-order chi connectivity index (χ0) is 22.9. The Hall–Kier alpha value is -1.71. The minimum absolute atomic E-state index is 0.0415. The molecule has 1 saturated carbocycles. The molecule has 176 valence electrons. The lowest BCUT2D eigenvalue weighted by molar-refractivity contribution is -0.144. The summed E-state index contributed by atoms with van der Waals surface area (Å²) < 4.78 is 40.4. The van der Waals surface area contributed by atoms with Gasteiger partial charge in [-0.2, -0.15) is 4.31 Å². The molecule has 4 rings (SSSR count). The number of piperazine rings is 1. The average Bonchev–Trinajstić information content (AvgIpc) is 3.35. The maximum atomic E-state index is 13.4. The van der Waals surface area contributed by atoms with Gasteiger partial charge in [0.2, 0.25) is 21.8 Å². The van der Waals surface area contributed by atoms with Gasteiger partial charge in [-0.25, -0.2) is 12.8 Å². The molecule has 2 aliphatic heterocycles. The number of sulfonamides is 1. The van der Waals surface area contributed by atoms with Gasteiger partial charge in [0.1, 0.15) is 5.82 Å². The van der Waals surface area contributed by atoms with Crippen LogP contribution in [0.3, 0.4) is 0 Å². The van der Waals surface area contributed by atoms with Crippen LogP contribution in [0.2, 0.25) is 5.02 Å². The molecule has 10 heteroatoms. The topological polar surface area (TPSA) is 78.0 Å². The van der Waals surface area contributed by atoms with Gasteiger partial charge in [-0.1, -0.05) is 24.4 Å². The van der Waals surface area contributed by atoms with E-state index in [1.807, 2.05) is 9.80 Å². The molecule has 2 amide bonds. The Morgan fingerprint density at radius 3 is 1.84 bits per heavy atom. The number of rotatable bonds is 4. The van der Waals surface area contributed by atoms with Gasteiger partial charge in [-0.15, -0.1) is 0 Å². The Balaban J connectivity index is 1.29. The van der Waals surface area contributed by atoms with Gasteiger partial charge in [0.25, 0.3) is 0 Å².